The number of carboxylic acids is 1. The highest BCUT2D eigenvalue weighted by atomic mass is 79.9. The molecule has 27 heavy (non-hydrogen) atoms. The van der Waals surface area contributed by atoms with Gasteiger partial charge in [-0.3, -0.25) is 19.7 Å². The Balaban J connectivity index is 3.25. The SMILES string of the molecule is N#Cc1cc([N+](=O)[O-])c(C(=O)NCCCC(=O)O)cc1N(CCBr)CCBr. The summed E-state index contributed by atoms with van der Waals surface area (Å²) in [4.78, 5) is 35.4. The van der Waals surface area contributed by atoms with E-state index in [2.05, 4.69) is 37.2 Å². The van der Waals surface area contributed by atoms with Crippen molar-refractivity contribution in [2.24, 2.45) is 0 Å². The molecule has 2 N–H and O–H groups in total. The molecule has 11 heteroatoms. The molecule has 0 unspecified atom stereocenters. The lowest BCUT2D eigenvalue weighted by atomic mass is 10.0. The maximum Gasteiger partial charge on any atom is 0.303 e. The predicted octanol–water partition coefficient (Wildman–Crippen LogP) is 2.66. The van der Waals surface area contributed by atoms with Crippen LogP contribution in [-0.4, -0.2) is 52.2 Å². The first kappa shape index (κ1) is 22.9. The summed E-state index contributed by atoms with van der Waals surface area (Å²) in [5.41, 5.74) is -0.106. The summed E-state index contributed by atoms with van der Waals surface area (Å²) in [6, 6.07) is 4.38. The van der Waals surface area contributed by atoms with E-state index < -0.39 is 22.5 Å². The number of aliphatic carboxylic acids is 1. The molecule has 0 saturated heterocycles. The second-order valence-electron chi connectivity index (χ2n) is 5.37. The zero-order valence-corrected chi connectivity index (χ0v) is 17.5. The quantitative estimate of drug-likeness (QED) is 0.204. The van der Waals surface area contributed by atoms with E-state index in [1.165, 1.54) is 6.07 Å². The number of alkyl halides is 2. The second-order valence-corrected chi connectivity index (χ2v) is 6.96. The number of hydrogen-bond donors (Lipinski definition) is 2. The van der Waals surface area contributed by atoms with Crippen molar-refractivity contribution in [3.05, 3.63) is 33.4 Å². The molecule has 0 aliphatic rings. The number of nitro groups is 1. The first-order chi connectivity index (χ1) is 12.8. The molecule has 1 aromatic rings. The van der Waals surface area contributed by atoms with E-state index in [1.807, 2.05) is 11.0 Å². The van der Waals surface area contributed by atoms with Gasteiger partial charge in [0.05, 0.1) is 16.2 Å². The highest BCUT2D eigenvalue weighted by molar-refractivity contribution is 9.09. The van der Waals surface area contributed by atoms with Crippen LogP contribution in [0.25, 0.3) is 0 Å². The van der Waals surface area contributed by atoms with Gasteiger partial charge in [-0.25, -0.2) is 0 Å². The van der Waals surface area contributed by atoms with Crippen LogP contribution in [0.2, 0.25) is 0 Å². The third-order valence-electron chi connectivity index (χ3n) is 3.58. The Morgan fingerprint density at radius 3 is 2.41 bits per heavy atom. The molecule has 0 radical (unpaired) electrons. The number of halogens is 2. The number of amides is 1. The van der Waals surface area contributed by atoms with Crippen LogP contribution in [0, 0.1) is 21.4 Å². The molecule has 9 nitrogen and oxygen atoms in total. The smallest absolute Gasteiger partial charge is 0.303 e. The Morgan fingerprint density at radius 2 is 1.93 bits per heavy atom. The third-order valence-corrected chi connectivity index (χ3v) is 4.29. The maximum atomic E-state index is 12.4. The first-order valence-corrected chi connectivity index (χ1v) is 10.2. The van der Waals surface area contributed by atoms with Crippen LogP contribution in [-0.2, 0) is 4.79 Å². The van der Waals surface area contributed by atoms with Crippen LogP contribution < -0.4 is 10.2 Å². The van der Waals surface area contributed by atoms with Crippen molar-refractivity contribution in [1.29, 1.82) is 5.26 Å². The van der Waals surface area contributed by atoms with Crippen LogP contribution in [0.4, 0.5) is 11.4 Å². The summed E-state index contributed by atoms with van der Waals surface area (Å²) in [5.74, 6) is -1.67. The Bertz CT molecular complexity index is 745. The highest BCUT2D eigenvalue weighted by Crippen LogP contribution is 2.29. The molecular formula is C16H18Br2N4O5. The van der Waals surface area contributed by atoms with Gasteiger partial charge >= 0.3 is 5.97 Å². The zero-order chi connectivity index (χ0) is 20.4. The summed E-state index contributed by atoms with van der Waals surface area (Å²) >= 11 is 6.65. The molecule has 0 aromatic heterocycles. The standard InChI is InChI=1S/C16H18Br2N4O5/c17-3-6-21(7-4-18)13-9-12(14(22(26)27)8-11(13)10-19)16(25)20-5-1-2-15(23)24/h8-9H,1-7H2,(H,20,25)(H,23,24). The zero-order valence-electron chi connectivity index (χ0n) is 14.3. The van der Waals surface area contributed by atoms with E-state index in [1.54, 1.807) is 0 Å². The lowest BCUT2D eigenvalue weighted by molar-refractivity contribution is -0.385. The number of carbonyl (C=O) groups is 2. The van der Waals surface area contributed by atoms with Gasteiger partial charge in [-0.2, -0.15) is 5.26 Å². The van der Waals surface area contributed by atoms with Crippen LogP contribution in [0.3, 0.4) is 0 Å². The number of nitriles is 1. The Labute approximate surface area is 172 Å². The van der Waals surface area contributed by atoms with Crippen molar-refractivity contribution in [2.45, 2.75) is 12.8 Å². The van der Waals surface area contributed by atoms with Gasteiger partial charge in [0.15, 0.2) is 0 Å². The molecule has 0 atom stereocenters. The topological polar surface area (TPSA) is 137 Å². The molecule has 0 spiro atoms. The molecule has 0 bridgehead atoms. The van der Waals surface area contributed by atoms with Crippen molar-refractivity contribution in [3.8, 4) is 6.07 Å². The van der Waals surface area contributed by atoms with E-state index in [9.17, 15) is 25.0 Å². The van der Waals surface area contributed by atoms with Gasteiger partial charge in [0.25, 0.3) is 11.6 Å². The highest BCUT2D eigenvalue weighted by Gasteiger charge is 2.25. The average Bonchev–Trinajstić information content (AvgIpc) is 2.63. The largest absolute Gasteiger partial charge is 0.481 e. The number of hydrogen-bond acceptors (Lipinski definition) is 6. The fourth-order valence-electron chi connectivity index (χ4n) is 2.35. The number of benzene rings is 1. The van der Waals surface area contributed by atoms with Gasteiger partial charge < -0.3 is 15.3 Å². The fourth-order valence-corrected chi connectivity index (χ4v) is 3.21. The molecular weight excluding hydrogens is 488 g/mol. The minimum Gasteiger partial charge on any atom is -0.481 e. The summed E-state index contributed by atoms with van der Waals surface area (Å²) in [5, 5.41) is 33.1. The molecule has 0 heterocycles. The molecule has 0 fully saturated rings. The number of nitrogens with zero attached hydrogens (tertiary/aromatic N) is 3. The van der Waals surface area contributed by atoms with Crippen molar-refractivity contribution >= 4 is 55.1 Å². The third kappa shape index (κ3) is 6.80. The number of carboxylic acid groups (broad SMARTS) is 1. The molecule has 1 amide bonds. The monoisotopic (exact) mass is 504 g/mol. The van der Waals surface area contributed by atoms with E-state index in [4.69, 9.17) is 5.11 Å². The average molecular weight is 506 g/mol. The molecule has 146 valence electrons. The molecule has 0 saturated carbocycles. The maximum absolute atomic E-state index is 12.4. The van der Waals surface area contributed by atoms with Crippen molar-refractivity contribution in [1.82, 2.24) is 5.32 Å². The Hall–Kier alpha value is -2.19. The number of carbonyl (C=O) groups excluding carboxylic acids is 1. The van der Waals surface area contributed by atoms with Gasteiger partial charge in [-0.1, -0.05) is 31.9 Å². The van der Waals surface area contributed by atoms with Gasteiger partial charge in [0.2, 0.25) is 0 Å². The summed E-state index contributed by atoms with van der Waals surface area (Å²) in [6.45, 7) is 1.15. The number of anilines is 1. The summed E-state index contributed by atoms with van der Waals surface area (Å²) < 4.78 is 0. The first-order valence-electron chi connectivity index (χ1n) is 7.95. The van der Waals surface area contributed by atoms with Crippen LogP contribution in [0.15, 0.2) is 12.1 Å². The Morgan fingerprint density at radius 1 is 1.30 bits per heavy atom. The van der Waals surface area contributed by atoms with Crippen LogP contribution >= 0.6 is 31.9 Å². The van der Waals surface area contributed by atoms with E-state index >= 15 is 0 Å². The molecule has 0 aliphatic heterocycles. The Kier molecular flexibility index (Phi) is 9.74. The van der Waals surface area contributed by atoms with Gasteiger partial charge in [0.1, 0.15) is 11.6 Å². The number of nitrogens with one attached hydrogen (secondary N) is 1. The van der Waals surface area contributed by atoms with Crippen molar-refractivity contribution < 1.29 is 19.6 Å². The number of nitro benzene ring substituents is 1. The van der Waals surface area contributed by atoms with Crippen molar-refractivity contribution in [3.63, 3.8) is 0 Å². The second kappa shape index (κ2) is 11.5. The minimum atomic E-state index is -0.990. The van der Waals surface area contributed by atoms with E-state index in [-0.39, 0.29) is 30.5 Å². The van der Waals surface area contributed by atoms with E-state index in [0.29, 0.717) is 29.4 Å². The predicted molar refractivity (Wildman–Crippen MR) is 107 cm³/mol. The van der Waals surface area contributed by atoms with E-state index in [0.717, 1.165) is 6.07 Å². The lowest BCUT2D eigenvalue weighted by Gasteiger charge is -2.24. The molecule has 1 aromatic carbocycles. The fraction of sp³-hybridized carbons (Fsp3) is 0.438. The summed E-state index contributed by atoms with van der Waals surface area (Å²) in [7, 11) is 0. The molecule has 0 aliphatic carbocycles. The minimum absolute atomic E-state index is 0.0735. The van der Waals surface area contributed by atoms with Crippen LogP contribution in [0.1, 0.15) is 28.8 Å². The van der Waals surface area contributed by atoms with Gasteiger partial charge in [-0.15, -0.1) is 0 Å². The lowest BCUT2D eigenvalue weighted by Crippen LogP contribution is -2.30. The number of rotatable bonds is 11. The normalized spacial score (nSPS) is 10.1. The molecule has 1 rings (SSSR count). The van der Waals surface area contributed by atoms with Gasteiger partial charge in [0, 0.05) is 42.8 Å². The summed E-state index contributed by atoms with van der Waals surface area (Å²) in [6.07, 6.45) is 0.0859. The van der Waals surface area contributed by atoms with Crippen molar-refractivity contribution in [2.75, 3.05) is 35.2 Å². The van der Waals surface area contributed by atoms with Crippen LogP contribution in [0.5, 0.6) is 0 Å². The van der Waals surface area contributed by atoms with Gasteiger partial charge in [-0.05, 0) is 12.5 Å².